The zero-order valence-corrected chi connectivity index (χ0v) is 36.2. The van der Waals surface area contributed by atoms with Crippen LogP contribution in [0.2, 0.25) is 0 Å². The van der Waals surface area contributed by atoms with E-state index in [0.717, 1.165) is 0 Å². The maximum absolute atomic E-state index is 15.3. The molecule has 3 atom stereocenters. The lowest BCUT2D eigenvalue weighted by molar-refractivity contribution is -0.510. The van der Waals surface area contributed by atoms with Crippen LogP contribution in [0.4, 0.5) is 171 Å². The van der Waals surface area contributed by atoms with Crippen molar-refractivity contribution in [3.8, 4) is 0 Å². The van der Waals surface area contributed by atoms with E-state index < -0.39 is 185 Å². The molecule has 0 bridgehead atoms. The maximum Gasteiger partial charge on any atom is 0.462 e. The van der Waals surface area contributed by atoms with Crippen molar-refractivity contribution >= 4 is 23.8 Å². The molecule has 79 heavy (non-hydrogen) atoms. The second-order valence-electron chi connectivity index (χ2n) is 15.1. The lowest BCUT2D eigenvalue weighted by Gasteiger charge is -2.39. The molecule has 0 aromatic heterocycles. The number of alkyl halides is 39. The van der Waals surface area contributed by atoms with Crippen LogP contribution >= 0.6 is 7.92 Å². The average molecular weight is 1260 g/mol. The summed E-state index contributed by atoms with van der Waals surface area (Å²) in [4.78, 5) is 0. The summed E-state index contributed by atoms with van der Waals surface area (Å²) in [6, 6.07) is -6.32. The zero-order chi connectivity index (χ0) is 62.6. The average Bonchev–Trinajstić information content (AvgIpc) is 3.24. The van der Waals surface area contributed by atoms with Crippen molar-refractivity contribution in [2.45, 2.75) is 108 Å². The van der Waals surface area contributed by atoms with E-state index in [0.29, 0.717) is 0 Å². The minimum Gasteiger partial charge on any atom is -0.264 e. The Balaban J connectivity index is 2.42. The molecule has 0 aliphatic heterocycles. The highest BCUT2D eigenvalue weighted by molar-refractivity contribution is 7.79. The van der Waals surface area contributed by atoms with Crippen molar-refractivity contribution in [3.63, 3.8) is 0 Å². The Bertz CT molecular complexity index is 2310. The molecule has 0 heterocycles. The molecule has 0 N–H and O–H groups in total. The summed E-state index contributed by atoms with van der Waals surface area (Å²) in [5.74, 6) is -68.4. The quantitative estimate of drug-likeness (QED) is 0.0938. The first-order valence-electron chi connectivity index (χ1n) is 18.5. The molecular weight excluding hydrogens is 1250 g/mol. The third kappa shape index (κ3) is 11.3. The Morgan fingerprint density at radius 1 is 0.215 bits per heavy atom. The van der Waals surface area contributed by atoms with E-state index in [1.165, 1.54) is 0 Å². The molecular formula is C36H12F39O3P. The molecule has 452 valence electrons. The summed E-state index contributed by atoms with van der Waals surface area (Å²) in [5, 5.41) is -3.88. The minimum atomic E-state index is -7.98. The van der Waals surface area contributed by atoms with Gasteiger partial charge in [-0.3, -0.25) is 14.2 Å². The highest BCUT2D eigenvalue weighted by Crippen LogP contribution is 2.61. The van der Waals surface area contributed by atoms with E-state index in [1.807, 2.05) is 0 Å². The van der Waals surface area contributed by atoms with Crippen LogP contribution in [-0.4, -0.2) is 90.7 Å². The highest BCUT2D eigenvalue weighted by Gasteiger charge is 2.86. The molecule has 3 unspecified atom stereocenters. The van der Waals surface area contributed by atoms with Gasteiger partial charge in [-0.25, -0.2) is 0 Å². The van der Waals surface area contributed by atoms with Crippen molar-refractivity contribution in [1.29, 1.82) is 0 Å². The normalized spacial score (nSPS) is 18.0. The highest BCUT2D eigenvalue weighted by atomic mass is 31.1. The maximum atomic E-state index is 15.3. The van der Waals surface area contributed by atoms with Gasteiger partial charge in [0, 0.05) is 16.7 Å². The number of benzene rings is 3. The van der Waals surface area contributed by atoms with Gasteiger partial charge in [-0.05, 0) is 23.8 Å². The summed E-state index contributed by atoms with van der Waals surface area (Å²) in [5.41, 5.74) is -8.62. The van der Waals surface area contributed by atoms with E-state index in [2.05, 4.69) is 0 Å². The van der Waals surface area contributed by atoms with Crippen LogP contribution in [0.25, 0.3) is 0 Å². The summed E-state index contributed by atoms with van der Waals surface area (Å²) < 4.78 is 542. The number of ether oxygens (including phenoxy) is 3. The van der Waals surface area contributed by atoms with Crippen molar-refractivity contribution < 1.29 is 185 Å². The van der Waals surface area contributed by atoms with Gasteiger partial charge in [-0.2, -0.15) is 171 Å². The molecule has 0 aliphatic carbocycles. The molecule has 0 amide bonds. The number of hydrogen-bond acceptors (Lipinski definition) is 3. The molecule has 43 heteroatoms. The third-order valence-electron chi connectivity index (χ3n) is 9.74. The molecule has 3 aromatic carbocycles. The first-order chi connectivity index (χ1) is 34.4. The van der Waals surface area contributed by atoms with E-state index in [9.17, 15) is 132 Å². The van der Waals surface area contributed by atoms with Gasteiger partial charge in [-0.1, -0.05) is 72.8 Å². The van der Waals surface area contributed by atoms with Crippen LogP contribution in [-0.2, 0) is 32.0 Å². The Morgan fingerprint density at radius 2 is 0.367 bits per heavy atom. The van der Waals surface area contributed by atoms with E-state index in [1.54, 1.807) is 14.2 Å². The topological polar surface area (TPSA) is 27.7 Å². The van der Waals surface area contributed by atoms with E-state index >= 15 is 39.5 Å². The fraction of sp³-hybridized carbons (Fsp3) is 0.500. The fourth-order valence-electron chi connectivity index (χ4n) is 5.58. The van der Waals surface area contributed by atoms with E-state index in [-0.39, 0.29) is 36.4 Å². The lowest BCUT2D eigenvalue weighted by Crippen LogP contribution is -2.63. The zero-order valence-electron chi connectivity index (χ0n) is 35.3. The summed E-state index contributed by atoms with van der Waals surface area (Å²) in [6.45, 7) is 0. The van der Waals surface area contributed by atoms with Gasteiger partial charge in [0.15, 0.2) is 0 Å². The Kier molecular flexibility index (Phi) is 17.1. The Morgan fingerprint density at radius 3 is 0.494 bits per heavy atom. The molecule has 0 fully saturated rings. The van der Waals surface area contributed by atoms with Crippen LogP contribution in [0, 0.1) is 0 Å². The molecule has 3 nitrogen and oxygen atoms in total. The monoisotopic (exact) mass is 1260 g/mol. The predicted octanol–water partition coefficient (Wildman–Crippen LogP) is 15.8. The van der Waals surface area contributed by atoms with Crippen LogP contribution in [0.1, 0.15) is 16.7 Å². The summed E-state index contributed by atoms with van der Waals surface area (Å²) in [7, 11) is -3.70. The van der Waals surface area contributed by atoms with Crippen LogP contribution in [0.3, 0.4) is 0 Å². The Hall–Kier alpha value is -4.76. The molecule has 0 spiro atoms. The van der Waals surface area contributed by atoms with Crippen molar-refractivity contribution in [2.24, 2.45) is 0 Å². The van der Waals surface area contributed by atoms with Crippen molar-refractivity contribution in [1.82, 2.24) is 0 Å². The number of halogens is 39. The molecule has 0 saturated carbocycles. The van der Waals surface area contributed by atoms with Gasteiger partial charge < -0.3 is 0 Å². The summed E-state index contributed by atoms with van der Waals surface area (Å²) >= 11 is 0. The molecule has 3 rings (SSSR count). The number of rotatable bonds is 18. The van der Waals surface area contributed by atoms with Crippen LogP contribution in [0.5, 0.6) is 0 Å². The van der Waals surface area contributed by atoms with Gasteiger partial charge in [0.1, 0.15) is 0 Å². The lowest BCUT2D eigenvalue weighted by atomic mass is 10.00. The van der Waals surface area contributed by atoms with Crippen molar-refractivity contribution in [3.05, 3.63) is 89.5 Å². The van der Waals surface area contributed by atoms with Crippen molar-refractivity contribution in [2.75, 3.05) is 0 Å². The predicted molar refractivity (Wildman–Crippen MR) is 178 cm³/mol. The minimum absolute atomic E-state index is 0.306. The second-order valence-corrected chi connectivity index (χ2v) is 17.3. The number of hydrogen-bond donors (Lipinski definition) is 0. The molecule has 0 radical (unpaired) electrons. The standard InChI is InChI=1S/C36H12F39O3P/c37-19(38,25(49,31(61,62)63)76-34(70,71)22(43,44)28(52,53)54)13-1-7-16(8-2-13)79(17-9-3-14(4-10-17)20(39,40)26(50,32(64,65)66)77-35(72,73)23(45,46)29(55,56)57)18-11-5-15(6-12-18)21(41,42)27(51,33(67,68)69)78-36(74,75)24(47,48)30(58,59)60/h1-12H. The SMILES string of the molecule is FC(F)(F)C(F)(F)C(F)(F)OC(F)(C(F)(F)F)C(F)(F)c1ccc(P(c2ccc(C(F)(F)C(F)(OC(F)(F)C(F)(F)C(F)(F)F)C(F)(F)F)cc2)c2ccc(C(F)(F)C(F)(OC(F)(F)C(F)(F)C(F)(F)F)C(F)(F)F)cc2)cc1. The first kappa shape index (κ1) is 68.5. The van der Waals surface area contributed by atoms with Gasteiger partial charge in [-0.15, -0.1) is 0 Å². The third-order valence-corrected chi connectivity index (χ3v) is 12.2. The Labute approximate surface area is 407 Å². The second kappa shape index (κ2) is 19.7. The van der Waals surface area contributed by atoms with Gasteiger partial charge in [0.25, 0.3) is 0 Å². The molecule has 0 aliphatic rings. The van der Waals surface area contributed by atoms with E-state index in [4.69, 9.17) is 0 Å². The van der Waals surface area contributed by atoms with Crippen LogP contribution in [0.15, 0.2) is 72.8 Å². The molecule has 3 aromatic rings. The fourth-order valence-corrected chi connectivity index (χ4v) is 7.82. The smallest absolute Gasteiger partial charge is 0.264 e. The summed E-state index contributed by atoms with van der Waals surface area (Å²) in [6.07, 6.45) is -70.7. The van der Waals surface area contributed by atoms with Gasteiger partial charge in [0.05, 0.1) is 0 Å². The van der Waals surface area contributed by atoms with Crippen LogP contribution < -0.4 is 15.9 Å². The molecule has 0 saturated heterocycles. The largest absolute Gasteiger partial charge is 0.462 e. The van der Waals surface area contributed by atoms with Gasteiger partial charge >= 0.3 is 108 Å². The van der Waals surface area contributed by atoms with Gasteiger partial charge in [0.2, 0.25) is 0 Å². The first-order valence-corrected chi connectivity index (χ1v) is 19.8.